The maximum Gasteiger partial charge on any atom is 0.131 e. The molecule has 0 radical (unpaired) electrons. The van der Waals surface area contributed by atoms with E-state index in [2.05, 4.69) is 29.0 Å². The van der Waals surface area contributed by atoms with E-state index in [1.54, 1.807) is 6.20 Å². The number of benzene rings is 1. The number of aliphatic hydroxyl groups excluding tert-OH is 1. The van der Waals surface area contributed by atoms with Crippen molar-refractivity contribution in [3.05, 3.63) is 47.5 Å². The number of aryl methyl sites for hydroxylation is 1. The fourth-order valence-electron chi connectivity index (χ4n) is 2.01. The Bertz CT molecular complexity index is 579. The van der Waals surface area contributed by atoms with E-state index in [9.17, 15) is 5.11 Å². The Morgan fingerprint density at radius 2 is 1.85 bits per heavy atom. The van der Waals surface area contributed by atoms with Gasteiger partial charge in [-0.2, -0.15) is 0 Å². The summed E-state index contributed by atoms with van der Waals surface area (Å²) in [6, 6.07) is 8.22. The van der Waals surface area contributed by atoms with Gasteiger partial charge in [0.05, 0.1) is 24.2 Å². The molecule has 4 heteroatoms. The highest BCUT2D eigenvalue weighted by molar-refractivity contribution is 5.63. The standard InChI is InChI=1S/C16H21N3O/c1-11(2)16-17-9-15(14(10-20)18-16)19(4)13-7-5-12(3)6-8-13/h5-9,11,20H,10H2,1-4H3. The molecule has 0 aliphatic heterocycles. The molecule has 0 bridgehead atoms. The number of nitrogens with zero attached hydrogens (tertiary/aromatic N) is 3. The summed E-state index contributed by atoms with van der Waals surface area (Å²) >= 11 is 0. The molecule has 0 aliphatic rings. The first-order valence-corrected chi connectivity index (χ1v) is 6.80. The highest BCUT2D eigenvalue weighted by atomic mass is 16.3. The summed E-state index contributed by atoms with van der Waals surface area (Å²) in [6.45, 7) is 6.05. The molecule has 0 amide bonds. The Morgan fingerprint density at radius 3 is 2.40 bits per heavy atom. The quantitative estimate of drug-likeness (QED) is 0.928. The van der Waals surface area contributed by atoms with E-state index in [0.29, 0.717) is 5.69 Å². The van der Waals surface area contributed by atoms with Crippen LogP contribution in [-0.4, -0.2) is 22.1 Å². The highest BCUT2D eigenvalue weighted by Gasteiger charge is 2.13. The third-order valence-corrected chi connectivity index (χ3v) is 3.31. The first-order valence-electron chi connectivity index (χ1n) is 6.80. The second kappa shape index (κ2) is 6.01. The Kier molecular flexibility index (Phi) is 4.35. The van der Waals surface area contributed by atoms with Gasteiger partial charge >= 0.3 is 0 Å². The van der Waals surface area contributed by atoms with Gasteiger partial charge in [-0.15, -0.1) is 0 Å². The van der Waals surface area contributed by atoms with Crippen molar-refractivity contribution in [2.24, 2.45) is 0 Å². The van der Waals surface area contributed by atoms with Gasteiger partial charge in [0.15, 0.2) is 0 Å². The van der Waals surface area contributed by atoms with Crippen LogP contribution < -0.4 is 4.90 Å². The number of hydrogen-bond acceptors (Lipinski definition) is 4. The molecule has 2 rings (SSSR count). The topological polar surface area (TPSA) is 49.2 Å². The van der Waals surface area contributed by atoms with Gasteiger partial charge in [0.2, 0.25) is 0 Å². The zero-order valence-electron chi connectivity index (χ0n) is 12.5. The summed E-state index contributed by atoms with van der Waals surface area (Å²) in [5, 5.41) is 9.55. The normalized spacial score (nSPS) is 10.9. The van der Waals surface area contributed by atoms with Crippen LogP contribution in [0.25, 0.3) is 0 Å². The van der Waals surface area contributed by atoms with Gasteiger partial charge in [0.1, 0.15) is 5.82 Å². The summed E-state index contributed by atoms with van der Waals surface area (Å²) in [4.78, 5) is 10.8. The van der Waals surface area contributed by atoms with Crippen LogP contribution in [0.2, 0.25) is 0 Å². The van der Waals surface area contributed by atoms with Crippen LogP contribution in [0.1, 0.15) is 36.8 Å². The molecule has 106 valence electrons. The number of aliphatic hydroxyl groups is 1. The summed E-state index contributed by atoms with van der Waals surface area (Å²) < 4.78 is 0. The Morgan fingerprint density at radius 1 is 1.20 bits per heavy atom. The van der Waals surface area contributed by atoms with Gasteiger partial charge in [0, 0.05) is 18.7 Å². The van der Waals surface area contributed by atoms with Crippen molar-refractivity contribution in [2.75, 3.05) is 11.9 Å². The van der Waals surface area contributed by atoms with Gasteiger partial charge in [-0.25, -0.2) is 9.97 Å². The molecule has 1 aromatic heterocycles. The summed E-state index contributed by atoms with van der Waals surface area (Å²) in [6.07, 6.45) is 1.79. The van der Waals surface area contributed by atoms with Crippen molar-refractivity contribution in [1.82, 2.24) is 9.97 Å². The van der Waals surface area contributed by atoms with Crippen molar-refractivity contribution in [3.63, 3.8) is 0 Å². The van der Waals surface area contributed by atoms with E-state index in [4.69, 9.17) is 0 Å². The van der Waals surface area contributed by atoms with E-state index in [1.165, 1.54) is 5.56 Å². The molecule has 1 aromatic carbocycles. The molecule has 0 fully saturated rings. The van der Waals surface area contributed by atoms with Crippen molar-refractivity contribution < 1.29 is 5.11 Å². The number of aromatic nitrogens is 2. The zero-order valence-corrected chi connectivity index (χ0v) is 12.5. The minimum Gasteiger partial charge on any atom is -0.390 e. The van der Waals surface area contributed by atoms with Crippen molar-refractivity contribution in [3.8, 4) is 0 Å². The zero-order chi connectivity index (χ0) is 14.7. The second-order valence-corrected chi connectivity index (χ2v) is 5.27. The fourth-order valence-corrected chi connectivity index (χ4v) is 2.01. The maximum absolute atomic E-state index is 9.55. The first kappa shape index (κ1) is 14.5. The van der Waals surface area contributed by atoms with Gasteiger partial charge in [-0.1, -0.05) is 31.5 Å². The lowest BCUT2D eigenvalue weighted by Crippen LogP contribution is -2.15. The molecular formula is C16H21N3O. The van der Waals surface area contributed by atoms with E-state index < -0.39 is 0 Å². The second-order valence-electron chi connectivity index (χ2n) is 5.27. The largest absolute Gasteiger partial charge is 0.390 e. The van der Waals surface area contributed by atoms with Crippen LogP contribution in [0.5, 0.6) is 0 Å². The van der Waals surface area contributed by atoms with Crippen LogP contribution in [0.15, 0.2) is 30.5 Å². The number of rotatable bonds is 4. The predicted octanol–water partition coefficient (Wildman–Crippen LogP) is 3.17. The van der Waals surface area contributed by atoms with E-state index in [1.807, 2.05) is 37.9 Å². The molecule has 4 nitrogen and oxygen atoms in total. The van der Waals surface area contributed by atoms with Crippen LogP contribution >= 0.6 is 0 Å². The minimum atomic E-state index is -0.0895. The lowest BCUT2D eigenvalue weighted by Gasteiger charge is -2.22. The molecule has 1 N–H and O–H groups in total. The lowest BCUT2D eigenvalue weighted by molar-refractivity contribution is 0.276. The molecule has 0 spiro atoms. The third-order valence-electron chi connectivity index (χ3n) is 3.31. The smallest absolute Gasteiger partial charge is 0.131 e. The molecule has 2 aromatic rings. The lowest BCUT2D eigenvalue weighted by atomic mass is 10.2. The summed E-state index contributed by atoms with van der Waals surface area (Å²) in [5.74, 6) is 1.01. The number of anilines is 2. The third kappa shape index (κ3) is 2.96. The van der Waals surface area contributed by atoms with E-state index in [-0.39, 0.29) is 12.5 Å². The van der Waals surface area contributed by atoms with Crippen molar-refractivity contribution >= 4 is 11.4 Å². The van der Waals surface area contributed by atoms with Crippen molar-refractivity contribution in [1.29, 1.82) is 0 Å². The Balaban J connectivity index is 2.38. The maximum atomic E-state index is 9.55. The predicted molar refractivity (Wildman–Crippen MR) is 81.3 cm³/mol. The van der Waals surface area contributed by atoms with Crippen LogP contribution in [0.4, 0.5) is 11.4 Å². The minimum absolute atomic E-state index is 0.0895. The molecular weight excluding hydrogens is 250 g/mol. The number of hydrogen-bond donors (Lipinski definition) is 1. The Hall–Kier alpha value is -1.94. The van der Waals surface area contributed by atoms with Crippen LogP contribution in [0, 0.1) is 6.92 Å². The average Bonchev–Trinajstić information content (AvgIpc) is 2.46. The Labute approximate surface area is 120 Å². The van der Waals surface area contributed by atoms with E-state index >= 15 is 0 Å². The van der Waals surface area contributed by atoms with Gasteiger partial charge in [0.25, 0.3) is 0 Å². The summed E-state index contributed by atoms with van der Waals surface area (Å²) in [5.41, 5.74) is 3.76. The molecule has 0 saturated heterocycles. The fraction of sp³-hybridized carbons (Fsp3) is 0.375. The van der Waals surface area contributed by atoms with Gasteiger partial charge in [-0.05, 0) is 19.1 Å². The van der Waals surface area contributed by atoms with Crippen LogP contribution in [0.3, 0.4) is 0 Å². The van der Waals surface area contributed by atoms with Gasteiger partial charge in [-0.3, -0.25) is 0 Å². The average molecular weight is 271 g/mol. The first-order chi connectivity index (χ1) is 9.52. The molecule has 1 heterocycles. The molecule has 0 unspecified atom stereocenters. The molecule has 20 heavy (non-hydrogen) atoms. The van der Waals surface area contributed by atoms with Gasteiger partial charge < -0.3 is 10.0 Å². The SMILES string of the molecule is Cc1ccc(N(C)c2cnc(C(C)C)nc2CO)cc1. The molecule has 0 aliphatic carbocycles. The molecule has 0 atom stereocenters. The van der Waals surface area contributed by atoms with E-state index in [0.717, 1.165) is 17.2 Å². The highest BCUT2D eigenvalue weighted by Crippen LogP contribution is 2.26. The van der Waals surface area contributed by atoms with Crippen molar-refractivity contribution in [2.45, 2.75) is 33.3 Å². The van der Waals surface area contributed by atoms with Crippen LogP contribution in [-0.2, 0) is 6.61 Å². The summed E-state index contributed by atoms with van der Waals surface area (Å²) in [7, 11) is 1.96. The molecule has 0 saturated carbocycles. The monoisotopic (exact) mass is 271 g/mol.